The number of halogens is 1. The van der Waals surface area contributed by atoms with Crippen molar-refractivity contribution in [3.8, 4) is 5.75 Å². The number of hydrazine groups is 1. The Morgan fingerprint density at radius 1 is 1.09 bits per heavy atom. The van der Waals surface area contributed by atoms with Crippen molar-refractivity contribution in [3.63, 3.8) is 0 Å². The minimum absolute atomic E-state index is 0.177. The van der Waals surface area contributed by atoms with Gasteiger partial charge in [0.2, 0.25) is 5.91 Å². The first kappa shape index (κ1) is 22.9. The molecule has 1 aromatic heterocycles. The Morgan fingerprint density at radius 3 is 2.53 bits per heavy atom. The van der Waals surface area contributed by atoms with Gasteiger partial charge in [-0.2, -0.15) is 0 Å². The molecule has 1 fully saturated rings. The summed E-state index contributed by atoms with van der Waals surface area (Å²) in [6.45, 7) is 0. The number of anilines is 1. The van der Waals surface area contributed by atoms with E-state index in [1.165, 1.54) is 55.9 Å². The molecule has 1 unspecified atom stereocenters. The van der Waals surface area contributed by atoms with E-state index in [1.54, 1.807) is 24.3 Å². The number of aromatic nitrogens is 1. The molecule has 1 aliphatic heterocycles. The lowest BCUT2D eigenvalue weighted by Crippen LogP contribution is -2.54. The van der Waals surface area contributed by atoms with Crippen molar-refractivity contribution in [2.24, 2.45) is 0 Å². The van der Waals surface area contributed by atoms with E-state index < -0.39 is 29.7 Å². The van der Waals surface area contributed by atoms with Crippen molar-refractivity contribution < 1.29 is 23.9 Å². The largest absolute Gasteiger partial charge is 0.497 e. The second-order valence-corrected chi connectivity index (χ2v) is 7.79. The lowest BCUT2D eigenvalue weighted by Gasteiger charge is -2.28. The molecule has 2 aromatic carbocycles. The number of benzene rings is 2. The molecule has 4 rings (SSSR count). The van der Waals surface area contributed by atoms with Gasteiger partial charge < -0.3 is 4.74 Å². The number of nitrogens with zero attached hydrogens (tertiary/aromatic N) is 3. The number of carbonyl (C=O) groups excluding carboxylic acids is 4. The van der Waals surface area contributed by atoms with Crippen molar-refractivity contribution in [2.45, 2.75) is 12.5 Å². The number of imide groups is 1. The Hall–Kier alpha value is -4.24. The molecule has 0 radical (unpaired) electrons. The van der Waals surface area contributed by atoms with Gasteiger partial charge in [-0.1, -0.05) is 17.7 Å². The normalized spacial score (nSPS) is 15.2. The highest BCUT2D eigenvalue weighted by atomic mass is 35.5. The van der Waals surface area contributed by atoms with Gasteiger partial charge in [0.25, 0.3) is 17.7 Å². The summed E-state index contributed by atoms with van der Waals surface area (Å²) in [4.78, 5) is 57.3. The van der Waals surface area contributed by atoms with Crippen molar-refractivity contribution in [1.82, 2.24) is 15.4 Å². The van der Waals surface area contributed by atoms with E-state index in [2.05, 4.69) is 10.4 Å². The molecule has 0 saturated carbocycles. The fraction of sp³-hybridized carbons (Fsp3) is 0.125. The molecule has 1 aliphatic rings. The van der Waals surface area contributed by atoms with Crippen LogP contribution in [-0.2, 0) is 9.59 Å². The van der Waals surface area contributed by atoms with E-state index in [0.29, 0.717) is 16.5 Å². The smallest absolute Gasteiger partial charge is 0.273 e. The summed E-state index contributed by atoms with van der Waals surface area (Å²) >= 11 is 5.92. The van der Waals surface area contributed by atoms with Crippen molar-refractivity contribution >= 4 is 40.9 Å². The van der Waals surface area contributed by atoms with Crippen molar-refractivity contribution in [1.29, 1.82) is 0 Å². The van der Waals surface area contributed by atoms with Crippen LogP contribution in [-0.4, -0.2) is 46.8 Å². The standard InChI is InChI=1S/C24H19ClN4O5/c1-34-19-6-2-5-18(12-19)28-21(30)13-20(24(28)33)29(23(32)15-7-9-17(25)10-8-15)27-22(31)16-4-3-11-26-14-16/h2-12,14,20H,13H2,1H3,(H,27,31). The van der Waals surface area contributed by atoms with Gasteiger partial charge in [0, 0.05) is 29.0 Å². The van der Waals surface area contributed by atoms with Gasteiger partial charge in [-0.15, -0.1) is 0 Å². The number of hydrogen-bond acceptors (Lipinski definition) is 6. The zero-order chi connectivity index (χ0) is 24.2. The molecular formula is C24H19ClN4O5. The zero-order valence-electron chi connectivity index (χ0n) is 18.0. The van der Waals surface area contributed by atoms with Crippen LogP contribution in [0.5, 0.6) is 5.75 Å². The fourth-order valence-corrected chi connectivity index (χ4v) is 3.64. The number of rotatable bonds is 5. The molecule has 9 nitrogen and oxygen atoms in total. The second-order valence-electron chi connectivity index (χ2n) is 7.35. The molecule has 1 atom stereocenters. The average Bonchev–Trinajstić information content (AvgIpc) is 3.16. The first-order valence-electron chi connectivity index (χ1n) is 10.2. The lowest BCUT2D eigenvalue weighted by atomic mass is 10.1. The molecule has 4 amide bonds. The summed E-state index contributed by atoms with van der Waals surface area (Å²) in [6, 6.07) is 14.2. The molecule has 34 heavy (non-hydrogen) atoms. The molecule has 2 heterocycles. The minimum Gasteiger partial charge on any atom is -0.497 e. The number of hydrogen-bond donors (Lipinski definition) is 1. The number of nitrogens with one attached hydrogen (secondary N) is 1. The van der Waals surface area contributed by atoms with E-state index in [0.717, 1.165) is 9.91 Å². The van der Waals surface area contributed by atoms with Crippen LogP contribution in [0.15, 0.2) is 73.1 Å². The van der Waals surface area contributed by atoms with Crippen LogP contribution >= 0.6 is 11.6 Å². The first-order valence-corrected chi connectivity index (χ1v) is 10.6. The quantitative estimate of drug-likeness (QED) is 0.446. The van der Waals surface area contributed by atoms with Crippen LogP contribution in [0.25, 0.3) is 0 Å². The molecule has 172 valence electrons. The topological polar surface area (TPSA) is 109 Å². The minimum atomic E-state index is -1.26. The van der Waals surface area contributed by atoms with Crippen molar-refractivity contribution in [2.75, 3.05) is 12.0 Å². The number of ether oxygens (including phenoxy) is 1. The zero-order valence-corrected chi connectivity index (χ0v) is 18.7. The lowest BCUT2D eigenvalue weighted by molar-refractivity contribution is -0.122. The maximum absolute atomic E-state index is 13.4. The maximum Gasteiger partial charge on any atom is 0.273 e. The molecule has 3 aromatic rings. The predicted octanol–water partition coefficient (Wildman–Crippen LogP) is 2.86. The van der Waals surface area contributed by atoms with Gasteiger partial charge in [0.1, 0.15) is 11.8 Å². The molecule has 0 bridgehead atoms. The molecular weight excluding hydrogens is 460 g/mol. The van der Waals surface area contributed by atoms with Crippen LogP contribution in [0.3, 0.4) is 0 Å². The molecule has 0 spiro atoms. The summed E-state index contributed by atoms with van der Waals surface area (Å²) < 4.78 is 5.18. The van der Waals surface area contributed by atoms with Crippen LogP contribution in [0.4, 0.5) is 5.69 Å². The molecule has 10 heteroatoms. The predicted molar refractivity (Wildman–Crippen MR) is 123 cm³/mol. The van der Waals surface area contributed by atoms with Gasteiger partial charge in [-0.3, -0.25) is 29.6 Å². The summed E-state index contributed by atoms with van der Waals surface area (Å²) in [7, 11) is 1.47. The van der Waals surface area contributed by atoms with E-state index in [4.69, 9.17) is 16.3 Å². The Labute approximate surface area is 199 Å². The Balaban J connectivity index is 1.68. The number of amides is 4. The number of carbonyl (C=O) groups is 4. The third kappa shape index (κ3) is 4.60. The Morgan fingerprint density at radius 2 is 1.85 bits per heavy atom. The highest BCUT2D eigenvalue weighted by molar-refractivity contribution is 6.30. The third-order valence-corrected chi connectivity index (χ3v) is 5.45. The fourth-order valence-electron chi connectivity index (χ4n) is 3.51. The molecule has 0 aliphatic carbocycles. The Kier molecular flexibility index (Phi) is 6.55. The van der Waals surface area contributed by atoms with Gasteiger partial charge >= 0.3 is 0 Å². The summed E-state index contributed by atoms with van der Waals surface area (Å²) in [5.74, 6) is -2.05. The third-order valence-electron chi connectivity index (χ3n) is 5.20. The summed E-state index contributed by atoms with van der Waals surface area (Å²) in [6.07, 6.45) is 2.51. The van der Waals surface area contributed by atoms with Crippen LogP contribution < -0.4 is 15.1 Å². The highest BCUT2D eigenvalue weighted by Crippen LogP contribution is 2.28. The average molecular weight is 479 g/mol. The van der Waals surface area contributed by atoms with Gasteiger partial charge in [0.05, 0.1) is 24.8 Å². The highest BCUT2D eigenvalue weighted by Gasteiger charge is 2.45. The second kappa shape index (κ2) is 9.72. The van der Waals surface area contributed by atoms with E-state index >= 15 is 0 Å². The van der Waals surface area contributed by atoms with Crippen LogP contribution in [0, 0.1) is 0 Å². The number of pyridine rings is 1. The molecule has 1 N–H and O–H groups in total. The summed E-state index contributed by atoms with van der Waals surface area (Å²) in [5, 5.41) is 1.30. The summed E-state index contributed by atoms with van der Waals surface area (Å²) in [5.41, 5.74) is 3.14. The van der Waals surface area contributed by atoms with Gasteiger partial charge in [-0.25, -0.2) is 9.91 Å². The van der Waals surface area contributed by atoms with Crippen molar-refractivity contribution in [3.05, 3.63) is 89.2 Å². The van der Waals surface area contributed by atoms with E-state index in [1.807, 2.05) is 0 Å². The van der Waals surface area contributed by atoms with E-state index in [9.17, 15) is 19.2 Å². The maximum atomic E-state index is 13.4. The SMILES string of the molecule is COc1cccc(N2C(=O)CC(N(NC(=O)c3cccnc3)C(=O)c3ccc(Cl)cc3)C2=O)c1. The first-order chi connectivity index (χ1) is 16.4. The van der Waals surface area contributed by atoms with Gasteiger partial charge in [0.15, 0.2) is 0 Å². The van der Waals surface area contributed by atoms with Gasteiger partial charge in [-0.05, 0) is 48.5 Å². The monoisotopic (exact) mass is 478 g/mol. The van der Waals surface area contributed by atoms with E-state index in [-0.39, 0.29) is 17.5 Å². The Bertz CT molecular complexity index is 1250. The van der Waals surface area contributed by atoms with Crippen LogP contribution in [0.2, 0.25) is 5.02 Å². The van der Waals surface area contributed by atoms with Crippen LogP contribution in [0.1, 0.15) is 27.1 Å². The molecule has 1 saturated heterocycles. The number of methoxy groups -OCH3 is 1.